The van der Waals surface area contributed by atoms with E-state index in [4.69, 9.17) is 10.5 Å². The summed E-state index contributed by atoms with van der Waals surface area (Å²) in [7, 11) is -3.25. The van der Waals surface area contributed by atoms with Crippen molar-refractivity contribution in [2.45, 2.75) is 63.6 Å². The normalized spacial score (nSPS) is 30.5. The van der Waals surface area contributed by atoms with Crippen LogP contribution in [0.2, 0.25) is 0 Å². The van der Waals surface area contributed by atoms with Crippen molar-refractivity contribution in [3.63, 3.8) is 0 Å². The van der Waals surface area contributed by atoms with Gasteiger partial charge in [0.25, 0.3) is 0 Å². The van der Waals surface area contributed by atoms with Crippen LogP contribution in [0.1, 0.15) is 45.4 Å². The van der Waals surface area contributed by atoms with Crippen molar-refractivity contribution < 1.29 is 13.2 Å². The Morgan fingerprint density at radius 3 is 2.55 bits per heavy atom. The molecule has 2 heterocycles. The summed E-state index contributed by atoms with van der Waals surface area (Å²) in [5.41, 5.74) is 5.95. The van der Waals surface area contributed by atoms with Crippen LogP contribution in [0.25, 0.3) is 0 Å². The van der Waals surface area contributed by atoms with Gasteiger partial charge < -0.3 is 10.5 Å². The highest BCUT2D eigenvalue weighted by atomic mass is 35.5. The number of nitrogens with zero attached hydrogens (tertiary/aromatic N) is 1. The summed E-state index contributed by atoms with van der Waals surface area (Å²) >= 11 is 0. The molecule has 120 valence electrons. The highest BCUT2D eigenvalue weighted by Crippen LogP contribution is 2.24. The van der Waals surface area contributed by atoms with Gasteiger partial charge in [0.05, 0.1) is 11.9 Å². The number of rotatable bonds is 4. The molecule has 0 amide bonds. The summed E-state index contributed by atoms with van der Waals surface area (Å²) in [6, 6.07) is -0.148. The van der Waals surface area contributed by atoms with E-state index in [0.717, 1.165) is 38.5 Å². The fraction of sp³-hybridized carbons (Fsp3) is 1.00. The van der Waals surface area contributed by atoms with E-state index in [1.165, 1.54) is 0 Å². The molecule has 0 aromatic rings. The second-order valence-corrected chi connectivity index (χ2v) is 7.77. The molecule has 0 aromatic heterocycles. The molecule has 2 aliphatic rings. The smallest absolute Gasteiger partial charge is 0.216 e. The standard InChI is InChI=1S/C13H26N2O3S.ClH/c1-11(14)13-7-2-4-8-15(13)19(16,17)10-12-6-3-5-9-18-12;/h11-13H,2-10,14H2,1H3;1H. The molecular weight excluding hydrogens is 300 g/mol. The van der Waals surface area contributed by atoms with E-state index >= 15 is 0 Å². The Morgan fingerprint density at radius 2 is 1.95 bits per heavy atom. The molecule has 0 aliphatic carbocycles. The van der Waals surface area contributed by atoms with Crippen LogP contribution in [0.3, 0.4) is 0 Å². The summed E-state index contributed by atoms with van der Waals surface area (Å²) in [6.45, 7) is 3.20. The Kier molecular flexibility index (Phi) is 7.21. The molecule has 0 aromatic carbocycles. The average molecular weight is 327 g/mol. The molecule has 2 rings (SSSR count). The maximum absolute atomic E-state index is 12.6. The van der Waals surface area contributed by atoms with Gasteiger partial charge in [0, 0.05) is 25.2 Å². The van der Waals surface area contributed by atoms with Gasteiger partial charge >= 0.3 is 0 Å². The molecule has 2 N–H and O–H groups in total. The number of ether oxygens (including phenoxy) is 1. The second-order valence-electron chi connectivity index (χ2n) is 5.80. The second kappa shape index (κ2) is 7.94. The lowest BCUT2D eigenvalue weighted by Gasteiger charge is -2.38. The maximum atomic E-state index is 12.6. The minimum Gasteiger partial charge on any atom is -0.377 e. The molecule has 5 nitrogen and oxygen atoms in total. The van der Waals surface area contributed by atoms with Gasteiger partial charge in [-0.1, -0.05) is 6.42 Å². The van der Waals surface area contributed by atoms with Crippen LogP contribution in [0.5, 0.6) is 0 Å². The third-order valence-corrected chi connectivity index (χ3v) is 6.09. The van der Waals surface area contributed by atoms with Gasteiger partial charge in [0.1, 0.15) is 0 Å². The van der Waals surface area contributed by atoms with Crippen molar-refractivity contribution in [1.82, 2.24) is 4.31 Å². The predicted molar refractivity (Wildman–Crippen MR) is 82.6 cm³/mol. The quantitative estimate of drug-likeness (QED) is 0.850. The van der Waals surface area contributed by atoms with Crippen LogP contribution < -0.4 is 5.73 Å². The summed E-state index contributed by atoms with van der Waals surface area (Å²) < 4.78 is 32.3. The van der Waals surface area contributed by atoms with E-state index in [0.29, 0.717) is 13.2 Å². The van der Waals surface area contributed by atoms with E-state index in [9.17, 15) is 8.42 Å². The first-order valence-corrected chi connectivity index (χ1v) is 8.98. The molecule has 3 unspecified atom stereocenters. The molecule has 2 saturated heterocycles. The van der Waals surface area contributed by atoms with Crippen LogP contribution in [-0.4, -0.2) is 49.8 Å². The van der Waals surface area contributed by atoms with Gasteiger partial charge in [-0.15, -0.1) is 12.4 Å². The highest BCUT2D eigenvalue weighted by molar-refractivity contribution is 7.89. The first-order valence-electron chi connectivity index (χ1n) is 7.37. The summed E-state index contributed by atoms with van der Waals surface area (Å²) in [4.78, 5) is 0. The van der Waals surface area contributed by atoms with Crippen LogP contribution >= 0.6 is 12.4 Å². The van der Waals surface area contributed by atoms with Crippen molar-refractivity contribution >= 4 is 22.4 Å². The van der Waals surface area contributed by atoms with Gasteiger partial charge in [-0.25, -0.2) is 8.42 Å². The summed E-state index contributed by atoms with van der Waals surface area (Å²) in [6.07, 6.45) is 5.72. The molecule has 2 fully saturated rings. The number of sulfonamides is 1. The third-order valence-electron chi connectivity index (χ3n) is 4.13. The van der Waals surface area contributed by atoms with E-state index < -0.39 is 10.0 Å². The van der Waals surface area contributed by atoms with Crippen LogP contribution in [0.4, 0.5) is 0 Å². The van der Waals surface area contributed by atoms with Gasteiger partial charge in [0.15, 0.2) is 0 Å². The molecule has 20 heavy (non-hydrogen) atoms. The number of piperidine rings is 1. The molecule has 0 radical (unpaired) electrons. The Labute approximate surface area is 128 Å². The third kappa shape index (κ3) is 4.56. The Morgan fingerprint density at radius 1 is 1.25 bits per heavy atom. The first kappa shape index (κ1) is 18.2. The minimum absolute atomic E-state index is 0. The molecule has 0 spiro atoms. The van der Waals surface area contributed by atoms with Crippen LogP contribution in [0.15, 0.2) is 0 Å². The lowest BCUT2D eigenvalue weighted by atomic mass is 10.00. The van der Waals surface area contributed by atoms with Gasteiger partial charge in [-0.2, -0.15) is 4.31 Å². The zero-order valence-electron chi connectivity index (χ0n) is 12.2. The molecule has 0 saturated carbocycles. The van der Waals surface area contributed by atoms with Crippen LogP contribution in [-0.2, 0) is 14.8 Å². The monoisotopic (exact) mass is 326 g/mol. The van der Waals surface area contributed by atoms with Crippen molar-refractivity contribution in [1.29, 1.82) is 0 Å². The fourth-order valence-corrected chi connectivity index (χ4v) is 5.11. The van der Waals surface area contributed by atoms with E-state index in [2.05, 4.69) is 0 Å². The predicted octanol–water partition coefficient (Wildman–Crippen LogP) is 1.51. The van der Waals surface area contributed by atoms with Crippen molar-refractivity contribution in [3.8, 4) is 0 Å². The van der Waals surface area contributed by atoms with Crippen LogP contribution in [0, 0.1) is 0 Å². The minimum atomic E-state index is -3.25. The van der Waals surface area contributed by atoms with Gasteiger partial charge in [0.2, 0.25) is 10.0 Å². The van der Waals surface area contributed by atoms with E-state index in [-0.39, 0.29) is 36.3 Å². The van der Waals surface area contributed by atoms with Crippen molar-refractivity contribution in [2.24, 2.45) is 5.73 Å². The van der Waals surface area contributed by atoms with Crippen molar-refractivity contribution in [2.75, 3.05) is 18.9 Å². The zero-order chi connectivity index (χ0) is 13.9. The number of hydrogen-bond acceptors (Lipinski definition) is 4. The number of hydrogen-bond donors (Lipinski definition) is 1. The molecule has 7 heteroatoms. The molecule has 3 atom stereocenters. The fourth-order valence-electron chi connectivity index (χ4n) is 3.07. The van der Waals surface area contributed by atoms with E-state index in [1.807, 2.05) is 6.92 Å². The number of nitrogens with two attached hydrogens (primary N) is 1. The molecule has 0 bridgehead atoms. The van der Waals surface area contributed by atoms with E-state index in [1.54, 1.807) is 4.31 Å². The maximum Gasteiger partial charge on any atom is 0.216 e. The topological polar surface area (TPSA) is 72.6 Å². The first-order chi connectivity index (χ1) is 9.00. The molecule has 2 aliphatic heterocycles. The largest absolute Gasteiger partial charge is 0.377 e. The SMILES string of the molecule is CC(N)C1CCCCN1S(=O)(=O)CC1CCCCO1.Cl. The zero-order valence-corrected chi connectivity index (χ0v) is 13.8. The summed E-state index contributed by atoms with van der Waals surface area (Å²) in [5, 5.41) is 0. The average Bonchev–Trinajstić information content (AvgIpc) is 2.39. The van der Waals surface area contributed by atoms with Gasteiger partial charge in [-0.05, 0) is 39.0 Å². The summed E-state index contributed by atoms with van der Waals surface area (Å²) in [5.74, 6) is 0.121. The molecular formula is C13H27ClN2O3S. The van der Waals surface area contributed by atoms with Gasteiger partial charge in [-0.3, -0.25) is 0 Å². The highest BCUT2D eigenvalue weighted by Gasteiger charge is 2.36. The Bertz CT molecular complexity index is 383. The Hall–Kier alpha value is 0.120. The number of halogens is 1. The lowest BCUT2D eigenvalue weighted by Crippen LogP contribution is -2.53. The Balaban J connectivity index is 0.00000200. The van der Waals surface area contributed by atoms with Crippen molar-refractivity contribution in [3.05, 3.63) is 0 Å². The lowest BCUT2D eigenvalue weighted by molar-refractivity contribution is 0.0294.